The molecule has 0 amide bonds. The van der Waals surface area contributed by atoms with Gasteiger partial charge in [0.05, 0.1) is 0 Å². The Morgan fingerprint density at radius 2 is 1.69 bits per heavy atom. The molecule has 0 unspecified atom stereocenters. The summed E-state index contributed by atoms with van der Waals surface area (Å²) in [5.41, 5.74) is 3.94. The van der Waals surface area contributed by atoms with Crippen LogP contribution in [-0.2, 0) is 0 Å². The molecule has 0 nitrogen and oxygen atoms in total. The lowest BCUT2D eigenvalue weighted by Gasteiger charge is -2.04. The zero-order valence-electron chi connectivity index (χ0n) is 8.54. The highest BCUT2D eigenvalue weighted by molar-refractivity contribution is 5.67. The smallest absolute Gasteiger partial charge is 0.0158 e. The highest BCUT2D eigenvalue weighted by atomic mass is 14.0. The Kier molecular flexibility index (Phi) is 3.51. The summed E-state index contributed by atoms with van der Waals surface area (Å²) < 4.78 is 0. The van der Waals surface area contributed by atoms with E-state index in [1.165, 1.54) is 16.7 Å². The molecule has 68 valence electrons. The zero-order valence-corrected chi connectivity index (χ0v) is 8.54. The van der Waals surface area contributed by atoms with Gasteiger partial charge in [0.1, 0.15) is 0 Å². The summed E-state index contributed by atoms with van der Waals surface area (Å²) in [7, 11) is 0. The zero-order chi connectivity index (χ0) is 9.68. The van der Waals surface area contributed by atoms with Gasteiger partial charge in [-0.25, -0.2) is 0 Å². The van der Waals surface area contributed by atoms with Crippen molar-refractivity contribution in [2.75, 3.05) is 0 Å². The minimum absolute atomic E-state index is 1.29. The average Bonchev–Trinajstić information content (AvgIpc) is 2.11. The van der Waals surface area contributed by atoms with Crippen LogP contribution in [0.3, 0.4) is 0 Å². The molecule has 1 aromatic rings. The van der Waals surface area contributed by atoms with Crippen molar-refractivity contribution in [2.24, 2.45) is 0 Å². The number of hydrogen-bond donors (Lipinski definition) is 0. The van der Waals surface area contributed by atoms with E-state index in [2.05, 4.69) is 49.4 Å². The summed E-state index contributed by atoms with van der Waals surface area (Å²) in [5.74, 6) is 0. The van der Waals surface area contributed by atoms with E-state index in [-0.39, 0.29) is 0 Å². The molecule has 1 rings (SSSR count). The maximum atomic E-state index is 2.16. The maximum Gasteiger partial charge on any atom is -0.0158 e. The molecule has 13 heavy (non-hydrogen) atoms. The number of hydrogen-bond acceptors (Lipinski definition) is 0. The van der Waals surface area contributed by atoms with E-state index in [1.54, 1.807) is 0 Å². The van der Waals surface area contributed by atoms with Crippen molar-refractivity contribution < 1.29 is 0 Å². The van der Waals surface area contributed by atoms with Crippen molar-refractivity contribution in [3.05, 3.63) is 47.0 Å². The van der Waals surface area contributed by atoms with Crippen molar-refractivity contribution in [3.63, 3.8) is 0 Å². The van der Waals surface area contributed by atoms with Crippen LogP contribution < -0.4 is 0 Å². The predicted octanol–water partition coefficient (Wildman–Crippen LogP) is 4.06. The van der Waals surface area contributed by atoms with Gasteiger partial charge >= 0.3 is 0 Å². The highest BCUT2D eigenvalue weighted by Gasteiger charge is 1.97. The Labute approximate surface area is 80.6 Å². The number of allylic oxidation sites excluding steroid dienone is 2. The van der Waals surface area contributed by atoms with Crippen LogP contribution >= 0.6 is 0 Å². The Balaban J connectivity index is 3.25. The first kappa shape index (κ1) is 9.79. The molecule has 0 aliphatic heterocycles. The Morgan fingerprint density at radius 3 is 2.31 bits per heavy atom. The lowest BCUT2D eigenvalue weighted by molar-refractivity contribution is 1.42. The fourth-order valence-corrected chi connectivity index (χ4v) is 1.42. The van der Waals surface area contributed by atoms with Gasteiger partial charge < -0.3 is 0 Å². The van der Waals surface area contributed by atoms with Crippen LogP contribution in [0.5, 0.6) is 0 Å². The third-order valence-corrected chi connectivity index (χ3v) is 2.04. The van der Waals surface area contributed by atoms with Crippen molar-refractivity contribution in [1.82, 2.24) is 0 Å². The van der Waals surface area contributed by atoms with E-state index in [4.69, 9.17) is 0 Å². The summed E-state index contributed by atoms with van der Waals surface area (Å²) in [6.07, 6.45) is 8.45. The third-order valence-electron chi connectivity index (χ3n) is 2.04. The van der Waals surface area contributed by atoms with Gasteiger partial charge in [-0.3, -0.25) is 0 Å². The average molecular weight is 172 g/mol. The van der Waals surface area contributed by atoms with Crippen LogP contribution in [-0.4, -0.2) is 0 Å². The minimum Gasteiger partial charge on any atom is -0.0870 e. The van der Waals surface area contributed by atoms with Gasteiger partial charge in [0.25, 0.3) is 0 Å². The number of aryl methyl sites for hydroxylation is 1. The molecular formula is C13H16. The van der Waals surface area contributed by atoms with E-state index in [0.29, 0.717) is 0 Å². The third kappa shape index (κ3) is 2.32. The van der Waals surface area contributed by atoms with Crippen LogP contribution in [0.15, 0.2) is 30.4 Å². The van der Waals surface area contributed by atoms with E-state index in [1.807, 2.05) is 13.8 Å². The first-order valence-electron chi connectivity index (χ1n) is 4.64. The molecule has 0 heteroatoms. The fraction of sp³-hybridized carbons (Fsp3) is 0.231. The molecule has 0 aliphatic rings. The molecule has 0 spiro atoms. The summed E-state index contributed by atoms with van der Waals surface area (Å²) in [6, 6.07) is 6.38. The van der Waals surface area contributed by atoms with Gasteiger partial charge in [0.15, 0.2) is 0 Å². The fourth-order valence-electron chi connectivity index (χ4n) is 1.42. The normalized spacial score (nSPS) is 11.6. The summed E-state index contributed by atoms with van der Waals surface area (Å²) >= 11 is 0. The van der Waals surface area contributed by atoms with Crippen molar-refractivity contribution in [3.8, 4) is 0 Å². The lowest BCUT2D eigenvalue weighted by atomic mass is 10.0. The monoisotopic (exact) mass is 172 g/mol. The van der Waals surface area contributed by atoms with Crippen LogP contribution in [0, 0.1) is 6.92 Å². The molecule has 0 saturated heterocycles. The van der Waals surface area contributed by atoms with Crippen molar-refractivity contribution in [1.29, 1.82) is 0 Å². The molecule has 0 aromatic heterocycles. The van der Waals surface area contributed by atoms with Gasteiger partial charge in [-0.1, -0.05) is 42.5 Å². The molecule has 0 fully saturated rings. The standard InChI is InChI=1S/C13H16/c1-4-7-12-10-6-9-11(3)13(12)8-5-2/h4-10H,1-3H3/b7-4-,8-5-. The Hall–Kier alpha value is -1.30. The lowest BCUT2D eigenvalue weighted by Crippen LogP contribution is -1.84. The first-order valence-corrected chi connectivity index (χ1v) is 4.64. The van der Waals surface area contributed by atoms with Gasteiger partial charge in [0, 0.05) is 0 Å². The second-order valence-corrected chi connectivity index (χ2v) is 3.08. The van der Waals surface area contributed by atoms with Gasteiger partial charge in [-0.2, -0.15) is 0 Å². The predicted molar refractivity (Wildman–Crippen MR) is 60.6 cm³/mol. The summed E-state index contributed by atoms with van der Waals surface area (Å²) in [4.78, 5) is 0. The molecule has 0 bridgehead atoms. The highest BCUT2D eigenvalue weighted by Crippen LogP contribution is 2.17. The van der Waals surface area contributed by atoms with Gasteiger partial charge in [-0.15, -0.1) is 0 Å². The second kappa shape index (κ2) is 4.66. The van der Waals surface area contributed by atoms with Gasteiger partial charge in [0.2, 0.25) is 0 Å². The molecule has 0 radical (unpaired) electrons. The van der Waals surface area contributed by atoms with Crippen LogP contribution in [0.25, 0.3) is 12.2 Å². The quantitative estimate of drug-likeness (QED) is 0.631. The minimum atomic E-state index is 1.29. The number of rotatable bonds is 2. The molecular weight excluding hydrogens is 156 g/mol. The van der Waals surface area contributed by atoms with E-state index < -0.39 is 0 Å². The van der Waals surface area contributed by atoms with Gasteiger partial charge in [-0.05, 0) is 37.5 Å². The summed E-state index contributed by atoms with van der Waals surface area (Å²) in [5, 5.41) is 0. The maximum absolute atomic E-state index is 2.16. The molecule has 0 saturated carbocycles. The molecule has 0 aliphatic carbocycles. The topological polar surface area (TPSA) is 0 Å². The SMILES string of the molecule is C/C=C\c1cccc(C)c1/C=C\C. The summed E-state index contributed by atoms with van der Waals surface area (Å²) in [6.45, 7) is 6.23. The second-order valence-electron chi connectivity index (χ2n) is 3.08. The molecule has 1 aromatic carbocycles. The van der Waals surface area contributed by atoms with Crippen molar-refractivity contribution in [2.45, 2.75) is 20.8 Å². The van der Waals surface area contributed by atoms with Crippen LogP contribution in [0.2, 0.25) is 0 Å². The largest absolute Gasteiger partial charge is 0.0870 e. The van der Waals surface area contributed by atoms with Crippen LogP contribution in [0.1, 0.15) is 30.5 Å². The first-order chi connectivity index (χ1) is 6.29. The van der Waals surface area contributed by atoms with Crippen LogP contribution in [0.4, 0.5) is 0 Å². The number of benzene rings is 1. The van der Waals surface area contributed by atoms with Crippen molar-refractivity contribution >= 4 is 12.2 Å². The molecule has 0 N–H and O–H groups in total. The molecule has 0 atom stereocenters. The molecule has 0 heterocycles. The van der Waals surface area contributed by atoms with E-state index in [9.17, 15) is 0 Å². The van der Waals surface area contributed by atoms with E-state index in [0.717, 1.165) is 0 Å². The Bertz CT molecular complexity index is 330. The Morgan fingerprint density at radius 1 is 1.00 bits per heavy atom. The van der Waals surface area contributed by atoms with E-state index >= 15 is 0 Å².